The summed E-state index contributed by atoms with van der Waals surface area (Å²) in [7, 11) is 2.07. The lowest BCUT2D eigenvalue weighted by Gasteiger charge is -2.30. The van der Waals surface area contributed by atoms with Crippen LogP contribution in [0.15, 0.2) is 11.0 Å². The molecule has 1 unspecified atom stereocenters. The van der Waals surface area contributed by atoms with Gasteiger partial charge in [-0.2, -0.15) is 5.10 Å². The number of nitrogens with zero attached hydrogens (tertiary/aromatic N) is 3. The molecular weight excluding hydrogens is 292 g/mol. The van der Waals surface area contributed by atoms with Gasteiger partial charge in [0.15, 0.2) is 0 Å². The molecule has 1 aliphatic heterocycles. The minimum atomic E-state index is -0.140. The molecule has 6 nitrogen and oxygen atoms in total. The average Bonchev–Trinajstić information content (AvgIpc) is 3.26. The van der Waals surface area contributed by atoms with Crippen LogP contribution in [0.1, 0.15) is 12.8 Å². The number of ether oxygens (including phenoxy) is 1. The number of hydrogen-bond donors (Lipinski definition) is 1. The first-order chi connectivity index (χ1) is 10.1. The Balaban J connectivity index is 1.67. The van der Waals surface area contributed by atoms with Gasteiger partial charge < -0.3 is 15.0 Å². The zero-order valence-electron chi connectivity index (χ0n) is 12.2. The lowest BCUT2D eigenvalue weighted by Crippen LogP contribution is -2.43. The van der Waals surface area contributed by atoms with Crippen molar-refractivity contribution in [3.05, 3.63) is 21.6 Å². The van der Waals surface area contributed by atoms with Gasteiger partial charge in [-0.3, -0.25) is 4.79 Å². The molecule has 1 aliphatic carbocycles. The van der Waals surface area contributed by atoms with E-state index in [1.807, 2.05) is 0 Å². The SMILES string of the molecule is CN1CCOC(CNc2c(Cl)cnn(CC3CC3)c2=O)C1. The van der Waals surface area contributed by atoms with Gasteiger partial charge in [0.2, 0.25) is 0 Å². The highest BCUT2D eigenvalue weighted by Crippen LogP contribution is 2.30. The largest absolute Gasteiger partial charge is 0.377 e. The van der Waals surface area contributed by atoms with E-state index in [2.05, 4.69) is 22.4 Å². The normalized spacial score (nSPS) is 23.2. The Morgan fingerprint density at radius 1 is 1.52 bits per heavy atom. The molecule has 1 saturated carbocycles. The molecule has 0 bridgehead atoms. The second-order valence-corrected chi connectivity index (χ2v) is 6.34. The first-order valence-corrected chi connectivity index (χ1v) is 7.81. The van der Waals surface area contributed by atoms with Crippen LogP contribution in [0, 0.1) is 5.92 Å². The summed E-state index contributed by atoms with van der Waals surface area (Å²) in [5.41, 5.74) is 0.294. The third-order valence-electron chi connectivity index (χ3n) is 3.97. The van der Waals surface area contributed by atoms with Crippen molar-refractivity contribution in [2.24, 2.45) is 5.92 Å². The summed E-state index contributed by atoms with van der Waals surface area (Å²) in [6.07, 6.45) is 3.98. The van der Waals surface area contributed by atoms with Crippen LogP contribution < -0.4 is 10.9 Å². The molecule has 116 valence electrons. The maximum Gasteiger partial charge on any atom is 0.291 e. The number of halogens is 1. The maximum atomic E-state index is 12.4. The summed E-state index contributed by atoms with van der Waals surface area (Å²) in [5.74, 6) is 0.597. The van der Waals surface area contributed by atoms with Crippen LogP contribution in [0.3, 0.4) is 0 Å². The molecule has 0 amide bonds. The first kappa shape index (κ1) is 14.8. The zero-order chi connectivity index (χ0) is 14.8. The Morgan fingerprint density at radius 2 is 2.33 bits per heavy atom. The van der Waals surface area contributed by atoms with E-state index in [1.54, 1.807) is 6.20 Å². The number of morpholine rings is 1. The zero-order valence-corrected chi connectivity index (χ0v) is 13.0. The Labute approximate surface area is 129 Å². The average molecular weight is 313 g/mol. The van der Waals surface area contributed by atoms with Crippen molar-refractivity contribution in [1.82, 2.24) is 14.7 Å². The van der Waals surface area contributed by atoms with Gasteiger partial charge in [-0.1, -0.05) is 11.6 Å². The van der Waals surface area contributed by atoms with E-state index >= 15 is 0 Å². The van der Waals surface area contributed by atoms with E-state index in [0.717, 1.165) is 19.7 Å². The van der Waals surface area contributed by atoms with Crippen LogP contribution >= 0.6 is 11.6 Å². The van der Waals surface area contributed by atoms with Crippen molar-refractivity contribution in [3.8, 4) is 0 Å². The minimum absolute atomic E-state index is 0.0734. The van der Waals surface area contributed by atoms with Gasteiger partial charge >= 0.3 is 0 Å². The van der Waals surface area contributed by atoms with Crippen LogP contribution in [-0.2, 0) is 11.3 Å². The van der Waals surface area contributed by atoms with E-state index in [1.165, 1.54) is 17.5 Å². The molecule has 1 aromatic rings. The lowest BCUT2D eigenvalue weighted by atomic mass is 10.2. The minimum Gasteiger partial charge on any atom is -0.377 e. The molecule has 0 aromatic carbocycles. The molecule has 1 N–H and O–H groups in total. The van der Waals surface area contributed by atoms with E-state index in [-0.39, 0.29) is 11.7 Å². The molecule has 2 fully saturated rings. The van der Waals surface area contributed by atoms with Gasteiger partial charge in [-0.25, -0.2) is 4.68 Å². The van der Waals surface area contributed by atoms with Crippen LogP contribution in [0.4, 0.5) is 5.69 Å². The van der Waals surface area contributed by atoms with E-state index in [0.29, 0.717) is 29.7 Å². The molecule has 0 spiro atoms. The van der Waals surface area contributed by atoms with Gasteiger partial charge in [-0.05, 0) is 25.8 Å². The highest BCUT2D eigenvalue weighted by atomic mass is 35.5. The summed E-state index contributed by atoms with van der Waals surface area (Å²) < 4.78 is 7.20. The Hall–Kier alpha value is -1.11. The predicted octanol–water partition coefficient (Wildman–Crippen LogP) is 1.05. The molecule has 2 aliphatic rings. The summed E-state index contributed by atoms with van der Waals surface area (Å²) in [6.45, 7) is 3.78. The fourth-order valence-electron chi connectivity index (χ4n) is 2.51. The second kappa shape index (κ2) is 6.34. The summed E-state index contributed by atoms with van der Waals surface area (Å²) in [5, 5.41) is 7.64. The number of aromatic nitrogens is 2. The van der Waals surface area contributed by atoms with Crippen molar-refractivity contribution in [2.45, 2.75) is 25.5 Å². The number of rotatable bonds is 5. The van der Waals surface area contributed by atoms with Crippen LogP contribution in [-0.4, -0.2) is 54.1 Å². The third-order valence-corrected chi connectivity index (χ3v) is 4.26. The van der Waals surface area contributed by atoms with Gasteiger partial charge in [0, 0.05) is 26.2 Å². The van der Waals surface area contributed by atoms with Crippen LogP contribution in [0.5, 0.6) is 0 Å². The summed E-state index contributed by atoms with van der Waals surface area (Å²) >= 11 is 6.11. The molecule has 1 atom stereocenters. The molecule has 1 saturated heterocycles. The number of hydrogen-bond acceptors (Lipinski definition) is 5. The molecular formula is C14H21ClN4O2. The lowest BCUT2D eigenvalue weighted by molar-refractivity contribution is -0.0117. The highest BCUT2D eigenvalue weighted by Gasteiger charge is 2.24. The van der Waals surface area contributed by atoms with E-state index in [4.69, 9.17) is 16.3 Å². The molecule has 21 heavy (non-hydrogen) atoms. The van der Waals surface area contributed by atoms with Gasteiger partial charge in [0.1, 0.15) is 5.69 Å². The van der Waals surface area contributed by atoms with Crippen LogP contribution in [0.2, 0.25) is 5.02 Å². The number of anilines is 1. The predicted molar refractivity (Wildman–Crippen MR) is 82.0 cm³/mol. The quantitative estimate of drug-likeness (QED) is 0.880. The number of likely N-dealkylation sites (N-methyl/N-ethyl adjacent to an activating group) is 1. The van der Waals surface area contributed by atoms with Crippen molar-refractivity contribution in [3.63, 3.8) is 0 Å². The monoisotopic (exact) mass is 312 g/mol. The maximum absolute atomic E-state index is 12.4. The molecule has 7 heteroatoms. The smallest absolute Gasteiger partial charge is 0.291 e. The summed E-state index contributed by atoms with van der Waals surface area (Å²) in [6, 6.07) is 0. The van der Waals surface area contributed by atoms with Gasteiger partial charge in [0.25, 0.3) is 5.56 Å². The number of nitrogens with one attached hydrogen (secondary N) is 1. The fraction of sp³-hybridized carbons (Fsp3) is 0.714. The van der Waals surface area contributed by atoms with Crippen molar-refractivity contribution < 1.29 is 4.74 Å². The highest BCUT2D eigenvalue weighted by molar-refractivity contribution is 6.32. The topological polar surface area (TPSA) is 59.4 Å². The van der Waals surface area contributed by atoms with Crippen molar-refractivity contribution in [1.29, 1.82) is 0 Å². The Kier molecular flexibility index (Phi) is 4.47. The standard InChI is InChI=1S/C14H21ClN4O2/c1-18-4-5-21-11(9-18)6-16-13-12(15)7-17-19(14(13)20)8-10-2-3-10/h7,10-11,16H,2-6,8-9H2,1H3. The second-order valence-electron chi connectivity index (χ2n) is 5.93. The van der Waals surface area contributed by atoms with Crippen LogP contribution in [0.25, 0.3) is 0 Å². The van der Waals surface area contributed by atoms with Crippen molar-refractivity contribution in [2.75, 3.05) is 38.6 Å². The molecule has 3 rings (SSSR count). The third kappa shape index (κ3) is 3.75. The van der Waals surface area contributed by atoms with Gasteiger partial charge in [-0.15, -0.1) is 0 Å². The fourth-order valence-corrected chi connectivity index (χ4v) is 2.70. The Bertz CT molecular complexity index is 558. The van der Waals surface area contributed by atoms with Gasteiger partial charge in [0.05, 0.1) is 23.9 Å². The van der Waals surface area contributed by atoms with E-state index < -0.39 is 0 Å². The van der Waals surface area contributed by atoms with Crippen molar-refractivity contribution >= 4 is 17.3 Å². The van der Waals surface area contributed by atoms with E-state index in [9.17, 15) is 4.79 Å². The summed E-state index contributed by atoms with van der Waals surface area (Å²) in [4.78, 5) is 14.6. The Morgan fingerprint density at radius 3 is 3.05 bits per heavy atom. The molecule has 2 heterocycles. The first-order valence-electron chi connectivity index (χ1n) is 7.43. The molecule has 1 aromatic heterocycles. The molecule has 0 radical (unpaired) electrons.